The van der Waals surface area contributed by atoms with Crippen LogP contribution in [0.2, 0.25) is 0 Å². The first-order valence-electron chi connectivity index (χ1n) is 10.7. The van der Waals surface area contributed by atoms with Gasteiger partial charge in [-0.1, -0.05) is 0 Å². The second-order valence-corrected chi connectivity index (χ2v) is 8.00. The van der Waals surface area contributed by atoms with Crippen LogP contribution in [-0.4, -0.2) is 55.3 Å². The number of carbonyl (C=O) groups excluding carboxylic acids is 1. The molecule has 4 heterocycles. The van der Waals surface area contributed by atoms with Gasteiger partial charge in [-0.15, -0.1) is 0 Å². The Labute approximate surface area is 184 Å². The lowest BCUT2D eigenvalue weighted by Crippen LogP contribution is -2.43. The maximum Gasteiger partial charge on any atom is 0.419 e. The van der Waals surface area contributed by atoms with Gasteiger partial charge in [0.1, 0.15) is 11.6 Å². The number of anilines is 2. The van der Waals surface area contributed by atoms with E-state index in [1.807, 2.05) is 12.1 Å². The van der Waals surface area contributed by atoms with Gasteiger partial charge in [0, 0.05) is 45.1 Å². The monoisotopic (exact) mass is 449 g/mol. The summed E-state index contributed by atoms with van der Waals surface area (Å²) in [4.78, 5) is 24.9. The summed E-state index contributed by atoms with van der Waals surface area (Å²) in [6, 6.07) is 6.10. The molecule has 0 aromatic carbocycles. The minimum atomic E-state index is -4.49. The minimum absolute atomic E-state index is 0.109. The molecule has 0 spiro atoms. The molecule has 1 N–H and O–H groups in total. The van der Waals surface area contributed by atoms with E-state index in [0.717, 1.165) is 30.5 Å². The predicted molar refractivity (Wildman–Crippen MR) is 113 cm³/mol. The highest BCUT2D eigenvalue weighted by Gasteiger charge is 2.37. The summed E-state index contributed by atoms with van der Waals surface area (Å²) >= 11 is 0. The lowest BCUT2D eigenvalue weighted by molar-refractivity contribution is -0.137. The van der Waals surface area contributed by atoms with E-state index in [4.69, 9.17) is 4.74 Å². The van der Waals surface area contributed by atoms with Crippen LogP contribution < -0.4 is 15.1 Å². The molecule has 2 aliphatic rings. The van der Waals surface area contributed by atoms with Gasteiger partial charge in [0.25, 0.3) is 0 Å². The topological polar surface area (TPSA) is 70.6 Å². The number of ether oxygens (including phenoxy) is 1. The minimum Gasteiger partial charge on any atom is -0.378 e. The van der Waals surface area contributed by atoms with Gasteiger partial charge in [-0.05, 0) is 42.7 Å². The van der Waals surface area contributed by atoms with Crippen molar-refractivity contribution < 1.29 is 22.7 Å². The normalized spacial score (nSPS) is 19.7. The summed E-state index contributed by atoms with van der Waals surface area (Å²) in [5, 5.41) is 2.94. The number of amides is 1. The first-order chi connectivity index (χ1) is 15.4. The second-order valence-electron chi connectivity index (χ2n) is 8.00. The Morgan fingerprint density at radius 3 is 2.72 bits per heavy atom. The third kappa shape index (κ3) is 5.29. The van der Waals surface area contributed by atoms with Crippen LogP contribution in [0.1, 0.15) is 24.0 Å². The van der Waals surface area contributed by atoms with Crippen molar-refractivity contribution in [3.05, 3.63) is 47.8 Å². The molecule has 2 saturated heterocycles. The molecule has 2 aliphatic heterocycles. The largest absolute Gasteiger partial charge is 0.419 e. The average molecular weight is 449 g/mol. The molecule has 7 nitrogen and oxygen atoms in total. The van der Waals surface area contributed by atoms with Crippen LogP contribution in [0.3, 0.4) is 0 Å². The average Bonchev–Trinajstić information content (AvgIpc) is 2.83. The molecule has 10 heteroatoms. The van der Waals surface area contributed by atoms with E-state index < -0.39 is 17.7 Å². The van der Waals surface area contributed by atoms with Gasteiger partial charge in [-0.2, -0.15) is 13.2 Å². The number of nitrogens with zero attached hydrogens (tertiary/aromatic N) is 4. The number of pyridine rings is 2. The Morgan fingerprint density at radius 2 is 1.94 bits per heavy atom. The van der Waals surface area contributed by atoms with Crippen molar-refractivity contribution in [2.24, 2.45) is 5.92 Å². The number of piperidine rings is 1. The summed E-state index contributed by atoms with van der Waals surface area (Å²) in [7, 11) is 0. The van der Waals surface area contributed by atoms with E-state index in [-0.39, 0.29) is 18.3 Å². The maximum absolute atomic E-state index is 13.4. The van der Waals surface area contributed by atoms with Gasteiger partial charge in [-0.25, -0.2) is 9.97 Å². The first kappa shape index (κ1) is 22.3. The highest BCUT2D eigenvalue weighted by atomic mass is 19.4. The molecule has 1 amide bonds. The van der Waals surface area contributed by atoms with Crippen LogP contribution in [0.25, 0.3) is 0 Å². The zero-order valence-corrected chi connectivity index (χ0v) is 17.6. The lowest BCUT2D eigenvalue weighted by Gasteiger charge is -2.34. The number of alkyl halides is 3. The Hall–Kier alpha value is -2.88. The molecule has 172 valence electrons. The van der Waals surface area contributed by atoms with Gasteiger partial charge in [-0.3, -0.25) is 4.79 Å². The fraction of sp³-hybridized carbons (Fsp3) is 0.500. The van der Waals surface area contributed by atoms with Crippen molar-refractivity contribution in [1.29, 1.82) is 0 Å². The molecule has 1 atom stereocenters. The zero-order chi connectivity index (χ0) is 22.6. The predicted octanol–water partition coefficient (Wildman–Crippen LogP) is 2.86. The number of hydrogen-bond donors (Lipinski definition) is 1. The smallest absolute Gasteiger partial charge is 0.378 e. The molecule has 0 saturated carbocycles. The molecule has 2 aromatic heterocycles. The standard InChI is InChI=1S/C22H26F3N5O2/c23-22(24,25)18-4-1-6-27-20(18)30-8-2-3-17(15-30)21(31)28-14-16-5-7-26-19(13-16)29-9-11-32-12-10-29/h1,4-7,13,17H,2-3,8-12,14-15H2,(H,28,31)/t17-/m1/s1. The number of carbonyl (C=O) groups is 1. The van der Waals surface area contributed by atoms with Gasteiger partial charge in [0.05, 0.1) is 24.7 Å². The highest BCUT2D eigenvalue weighted by molar-refractivity contribution is 5.79. The highest BCUT2D eigenvalue weighted by Crippen LogP contribution is 2.36. The second kappa shape index (κ2) is 9.72. The fourth-order valence-corrected chi connectivity index (χ4v) is 4.12. The zero-order valence-electron chi connectivity index (χ0n) is 17.6. The molecule has 4 rings (SSSR count). The van der Waals surface area contributed by atoms with Crippen molar-refractivity contribution in [3.63, 3.8) is 0 Å². The van der Waals surface area contributed by atoms with Gasteiger partial charge >= 0.3 is 6.18 Å². The van der Waals surface area contributed by atoms with Crippen LogP contribution in [0, 0.1) is 5.92 Å². The summed E-state index contributed by atoms with van der Waals surface area (Å²) in [6.45, 7) is 3.85. The number of rotatable bonds is 5. The van der Waals surface area contributed by atoms with Gasteiger partial charge in [0.15, 0.2) is 0 Å². The molecule has 0 radical (unpaired) electrons. The number of nitrogens with one attached hydrogen (secondary N) is 1. The van der Waals surface area contributed by atoms with Gasteiger partial charge in [0.2, 0.25) is 5.91 Å². The summed E-state index contributed by atoms with van der Waals surface area (Å²) in [5.74, 6) is 0.178. The Kier molecular flexibility index (Phi) is 6.78. The van der Waals surface area contributed by atoms with E-state index in [1.54, 1.807) is 11.1 Å². The van der Waals surface area contributed by atoms with Crippen LogP contribution in [0.15, 0.2) is 36.7 Å². The van der Waals surface area contributed by atoms with E-state index in [0.29, 0.717) is 39.1 Å². The van der Waals surface area contributed by atoms with Crippen LogP contribution >= 0.6 is 0 Å². The Morgan fingerprint density at radius 1 is 1.12 bits per heavy atom. The third-order valence-electron chi connectivity index (χ3n) is 5.80. The summed E-state index contributed by atoms with van der Waals surface area (Å²) in [6.07, 6.45) is -0.162. The van der Waals surface area contributed by atoms with Crippen molar-refractivity contribution in [1.82, 2.24) is 15.3 Å². The number of halogens is 3. The van der Waals surface area contributed by atoms with Crippen molar-refractivity contribution >= 4 is 17.5 Å². The molecule has 0 aliphatic carbocycles. The quantitative estimate of drug-likeness (QED) is 0.757. The molecule has 2 aromatic rings. The Bertz CT molecular complexity index is 934. The van der Waals surface area contributed by atoms with Crippen molar-refractivity contribution in [2.45, 2.75) is 25.6 Å². The molecular formula is C22H26F3N5O2. The maximum atomic E-state index is 13.4. The van der Waals surface area contributed by atoms with Crippen molar-refractivity contribution in [3.8, 4) is 0 Å². The number of aromatic nitrogens is 2. The van der Waals surface area contributed by atoms with Crippen LogP contribution in [0.5, 0.6) is 0 Å². The fourth-order valence-electron chi connectivity index (χ4n) is 4.12. The molecule has 2 fully saturated rings. The summed E-state index contributed by atoms with van der Waals surface area (Å²) < 4.78 is 45.5. The molecule has 0 unspecified atom stereocenters. The number of morpholine rings is 1. The lowest BCUT2D eigenvalue weighted by atomic mass is 9.96. The molecular weight excluding hydrogens is 423 g/mol. The first-order valence-corrected chi connectivity index (χ1v) is 10.7. The van der Waals surface area contributed by atoms with Gasteiger partial charge < -0.3 is 19.9 Å². The molecule has 32 heavy (non-hydrogen) atoms. The van der Waals surface area contributed by atoms with E-state index in [1.165, 1.54) is 12.3 Å². The number of hydrogen-bond acceptors (Lipinski definition) is 6. The van der Waals surface area contributed by atoms with E-state index in [9.17, 15) is 18.0 Å². The SMILES string of the molecule is O=C(NCc1ccnc(N2CCOCC2)c1)[C@@H]1CCCN(c2ncccc2C(F)(F)F)C1. The third-order valence-corrected chi connectivity index (χ3v) is 5.80. The Balaban J connectivity index is 1.37. The summed E-state index contributed by atoms with van der Waals surface area (Å²) in [5.41, 5.74) is 0.153. The van der Waals surface area contributed by atoms with Crippen LogP contribution in [-0.2, 0) is 22.3 Å². The van der Waals surface area contributed by atoms with Crippen LogP contribution in [0.4, 0.5) is 24.8 Å². The van der Waals surface area contributed by atoms with E-state index in [2.05, 4.69) is 20.2 Å². The molecule has 0 bridgehead atoms. The van der Waals surface area contributed by atoms with E-state index >= 15 is 0 Å². The van der Waals surface area contributed by atoms with Crippen molar-refractivity contribution in [2.75, 3.05) is 49.2 Å².